The molecule has 0 aliphatic carbocycles. The van der Waals surface area contributed by atoms with Crippen molar-refractivity contribution in [2.75, 3.05) is 4.90 Å². The summed E-state index contributed by atoms with van der Waals surface area (Å²) in [6, 6.07) is 10.7. The molecular formula is C21H16ClF3N4O. The number of halogens is 4. The number of rotatable bonds is 5. The lowest BCUT2D eigenvalue weighted by molar-refractivity contribution is -0.0964. The minimum atomic E-state index is -3.78. The van der Waals surface area contributed by atoms with Gasteiger partial charge in [0.1, 0.15) is 11.8 Å². The van der Waals surface area contributed by atoms with Gasteiger partial charge in [0.05, 0.1) is 5.69 Å². The molecule has 1 unspecified atom stereocenters. The summed E-state index contributed by atoms with van der Waals surface area (Å²) in [4.78, 5) is 5.72. The molecule has 0 amide bonds. The lowest BCUT2D eigenvalue weighted by Crippen LogP contribution is -2.28. The smallest absolute Gasteiger partial charge is 0.420 e. The van der Waals surface area contributed by atoms with Gasteiger partial charge >= 0.3 is 5.57 Å². The van der Waals surface area contributed by atoms with E-state index >= 15 is 0 Å². The van der Waals surface area contributed by atoms with Crippen LogP contribution < -0.4 is 9.64 Å². The van der Waals surface area contributed by atoms with Crippen molar-refractivity contribution >= 4 is 22.9 Å². The molecule has 0 N–H and O–H groups in total. The number of aryl methyl sites for hydroxylation is 1. The third-order valence-electron chi connectivity index (χ3n) is 4.66. The highest BCUT2D eigenvalue weighted by atomic mass is 35.5. The van der Waals surface area contributed by atoms with Crippen molar-refractivity contribution in [2.24, 2.45) is 7.05 Å². The van der Waals surface area contributed by atoms with Crippen LogP contribution in [-0.4, -0.2) is 20.3 Å². The minimum Gasteiger partial charge on any atom is -0.420 e. The molecule has 0 spiro atoms. The number of hydrogen-bond acceptors (Lipinski definition) is 4. The van der Waals surface area contributed by atoms with Crippen molar-refractivity contribution in [1.82, 2.24) is 14.8 Å². The highest BCUT2D eigenvalue weighted by Gasteiger charge is 2.30. The summed E-state index contributed by atoms with van der Waals surface area (Å²) in [5.74, 6) is -0.623. The summed E-state index contributed by atoms with van der Waals surface area (Å²) in [5.41, 5.74) is -0.555. The Bertz CT molecular complexity index is 1090. The molecule has 1 aromatic carbocycles. The number of aromatic nitrogens is 3. The first-order valence-corrected chi connectivity index (χ1v) is 9.32. The zero-order valence-corrected chi connectivity index (χ0v) is 16.5. The largest absolute Gasteiger partial charge is 0.487 e. The highest BCUT2D eigenvalue weighted by molar-refractivity contribution is 6.20. The maximum atomic E-state index is 13.3. The van der Waals surface area contributed by atoms with Gasteiger partial charge in [-0.2, -0.15) is 9.49 Å². The van der Waals surface area contributed by atoms with Crippen LogP contribution in [0.3, 0.4) is 0 Å². The molecule has 0 saturated heterocycles. The Balaban J connectivity index is 1.74. The standard InChI is InChI=1S/C21H16ClF3N4O/c1-28-18(10-11-27-28)20-17(14-4-9-19(23)26-13-14)3-2-12-29(20)15-5-7-16(8-6-15)30-21(22,24)25/h2-13,20H,1H3. The van der Waals surface area contributed by atoms with Crippen LogP contribution in [0, 0.1) is 5.95 Å². The van der Waals surface area contributed by atoms with E-state index < -0.39 is 11.5 Å². The van der Waals surface area contributed by atoms with Crippen molar-refractivity contribution in [3.05, 3.63) is 90.4 Å². The second kappa shape index (κ2) is 7.87. The first-order valence-electron chi connectivity index (χ1n) is 8.94. The minimum absolute atomic E-state index is 0.0599. The molecule has 3 aromatic rings. The number of ether oxygens (including phenoxy) is 1. The average molecular weight is 433 g/mol. The van der Waals surface area contributed by atoms with Crippen molar-refractivity contribution in [2.45, 2.75) is 11.6 Å². The second-order valence-electron chi connectivity index (χ2n) is 6.56. The van der Waals surface area contributed by atoms with Gasteiger partial charge in [0.25, 0.3) is 0 Å². The second-order valence-corrected chi connectivity index (χ2v) is 7.00. The highest BCUT2D eigenvalue weighted by Crippen LogP contribution is 2.40. The molecule has 5 nitrogen and oxygen atoms in total. The van der Waals surface area contributed by atoms with E-state index in [-0.39, 0.29) is 11.8 Å². The van der Waals surface area contributed by atoms with E-state index in [4.69, 9.17) is 11.6 Å². The fourth-order valence-corrected chi connectivity index (χ4v) is 3.47. The Morgan fingerprint density at radius 1 is 1.10 bits per heavy atom. The Hall–Kier alpha value is -3.26. The molecule has 9 heteroatoms. The van der Waals surface area contributed by atoms with Gasteiger partial charge in [-0.1, -0.05) is 6.08 Å². The molecule has 0 saturated carbocycles. The number of anilines is 1. The molecule has 4 rings (SSSR count). The zero-order valence-electron chi connectivity index (χ0n) is 15.7. The molecule has 0 bridgehead atoms. The number of alkyl halides is 3. The molecule has 1 atom stereocenters. The molecule has 0 radical (unpaired) electrons. The van der Waals surface area contributed by atoms with Gasteiger partial charge in [-0.3, -0.25) is 4.68 Å². The number of allylic oxidation sites excluding steroid dienone is 2. The summed E-state index contributed by atoms with van der Waals surface area (Å²) >= 11 is 4.84. The summed E-state index contributed by atoms with van der Waals surface area (Å²) in [6.07, 6.45) is 8.80. The number of pyridine rings is 1. The third-order valence-corrected chi connectivity index (χ3v) is 4.74. The molecule has 1 aliphatic heterocycles. The van der Waals surface area contributed by atoms with Crippen LogP contribution in [0.2, 0.25) is 0 Å². The van der Waals surface area contributed by atoms with Crippen molar-refractivity contribution < 1.29 is 17.9 Å². The molecule has 3 heterocycles. The van der Waals surface area contributed by atoms with Crippen LogP contribution in [-0.2, 0) is 7.05 Å². The predicted molar refractivity (Wildman–Crippen MR) is 108 cm³/mol. The summed E-state index contributed by atoms with van der Waals surface area (Å²) < 4.78 is 45.3. The first kappa shape index (κ1) is 20.0. The number of hydrogen-bond donors (Lipinski definition) is 0. The Morgan fingerprint density at radius 2 is 1.87 bits per heavy atom. The van der Waals surface area contributed by atoms with Gasteiger partial charge in [-0.25, -0.2) is 4.98 Å². The van der Waals surface area contributed by atoms with E-state index in [2.05, 4.69) is 14.8 Å². The fourth-order valence-electron chi connectivity index (χ4n) is 3.38. The monoisotopic (exact) mass is 432 g/mol. The van der Waals surface area contributed by atoms with Crippen LogP contribution in [0.4, 0.5) is 18.9 Å². The van der Waals surface area contributed by atoms with E-state index in [1.54, 1.807) is 29.1 Å². The summed E-state index contributed by atoms with van der Waals surface area (Å²) in [7, 11) is 1.83. The van der Waals surface area contributed by atoms with E-state index in [1.807, 2.05) is 36.4 Å². The van der Waals surface area contributed by atoms with Crippen molar-refractivity contribution in [1.29, 1.82) is 0 Å². The molecule has 154 valence electrons. The normalized spacial score (nSPS) is 16.5. The molecule has 1 aliphatic rings. The van der Waals surface area contributed by atoms with Crippen LogP contribution in [0.5, 0.6) is 5.75 Å². The summed E-state index contributed by atoms with van der Waals surface area (Å²) in [6.45, 7) is 0. The van der Waals surface area contributed by atoms with Gasteiger partial charge in [-0.05, 0) is 59.7 Å². The van der Waals surface area contributed by atoms with E-state index in [0.29, 0.717) is 0 Å². The predicted octanol–water partition coefficient (Wildman–Crippen LogP) is 5.28. The Morgan fingerprint density at radius 3 is 2.47 bits per heavy atom. The number of benzene rings is 1. The lowest BCUT2D eigenvalue weighted by atomic mass is 9.93. The van der Waals surface area contributed by atoms with Gasteiger partial charge in [0.15, 0.2) is 0 Å². The van der Waals surface area contributed by atoms with Crippen LogP contribution >= 0.6 is 11.6 Å². The maximum absolute atomic E-state index is 13.3. The molecule has 2 aromatic heterocycles. The quantitative estimate of drug-likeness (QED) is 0.406. The Labute approximate surface area is 175 Å². The van der Waals surface area contributed by atoms with Gasteiger partial charge in [-0.15, -0.1) is 8.78 Å². The fraction of sp³-hybridized carbons (Fsp3) is 0.143. The SMILES string of the molecule is Cn1nccc1C1C(c2ccc(F)nc2)=CC=CN1c1ccc(OC(F)(F)Cl)cc1. The van der Waals surface area contributed by atoms with E-state index in [1.165, 1.54) is 24.4 Å². The molecule has 0 fully saturated rings. The first-order chi connectivity index (χ1) is 14.3. The summed E-state index contributed by atoms with van der Waals surface area (Å²) in [5, 5.41) is 4.26. The third kappa shape index (κ3) is 4.18. The van der Waals surface area contributed by atoms with Gasteiger partial charge in [0.2, 0.25) is 5.95 Å². The Kier molecular flexibility index (Phi) is 5.26. The lowest BCUT2D eigenvalue weighted by Gasteiger charge is -2.35. The number of nitrogens with zero attached hydrogens (tertiary/aromatic N) is 4. The van der Waals surface area contributed by atoms with E-state index in [0.717, 1.165) is 22.5 Å². The average Bonchev–Trinajstić information content (AvgIpc) is 3.13. The van der Waals surface area contributed by atoms with Gasteiger partial charge in [0, 0.05) is 42.9 Å². The van der Waals surface area contributed by atoms with Crippen LogP contribution in [0.15, 0.2) is 73.2 Å². The topological polar surface area (TPSA) is 43.2 Å². The van der Waals surface area contributed by atoms with Crippen molar-refractivity contribution in [3.8, 4) is 5.75 Å². The molecular weight excluding hydrogens is 417 g/mol. The zero-order chi connectivity index (χ0) is 21.3. The van der Waals surface area contributed by atoms with E-state index in [9.17, 15) is 13.2 Å². The van der Waals surface area contributed by atoms with Crippen LogP contribution in [0.25, 0.3) is 5.57 Å². The molecule has 30 heavy (non-hydrogen) atoms. The van der Waals surface area contributed by atoms with Crippen LogP contribution in [0.1, 0.15) is 17.3 Å². The maximum Gasteiger partial charge on any atom is 0.487 e. The van der Waals surface area contributed by atoms with Crippen molar-refractivity contribution in [3.63, 3.8) is 0 Å². The van der Waals surface area contributed by atoms with Gasteiger partial charge < -0.3 is 9.64 Å².